The monoisotopic (exact) mass is 263 g/mol. The van der Waals surface area contributed by atoms with Crippen LogP contribution in [0.2, 0.25) is 0 Å². The van der Waals surface area contributed by atoms with E-state index in [2.05, 4.69) is 24.5 Å². The topological polar surface area (TPSA) is 61.0 Å². The van der Waals surface area contributed by atoms with Gasteiger partial charge in [-0.1, -0.05) is 26.0 Å². The number of hydrogen-bond donors (Lipinski definition) is 2. The van der Waals surface area contributed by atoms with Crippen LogP contribution in [0.4, 0.5) is 0 Å². The number of rotatable bonds is 8. The molecule has 0 bridgehead atoms. The summed E-state index contributed by atoms with van der Waals surface area (Å²) in [6.07, 6.45) is 1.38. The van der Waals surface area contributed by atoms with Gasteiger partial charge in [0.1, 0.15) is 0 Å². The van der Waals surface area contributed by atoms with Crippen LogP contribution in [0.25, 0.3) is 0 Å². The maximum atomic E-state index is 11.9. The van der Waals surface area contributed by atoms with Crippen molar-refractivity contribution in [2.75, 3.05) is 19.7 Å². The molecule has 1 amide bonds. The third kappa shape index (κ3) is 6.36. The minimum Gasteiger partial charge on any atom is -0.352 e. The number of nitrogens with one attached hydrogen (secondary N) is 2. The molecule has 4 heteroatoms. The Balaban J connectivity index is 2.34. The minimum absolute atomic E-state index is 0.0719. The second kappa shape index (κ2) is 8.67. The van der Waals surface area contributed by atoms with Gasteiger partial charge in [-0.15, -0.1) is 0 Å². The van der Waals surface area contributed by atoms with E-state index >= 15 is 0 Å². The Kier molecular flexibility index (Phi) is 7.15. The predicted octanol–water partition coefficient (Wildman–Crippen LogP) is 1.78. The Morgan fingerprint density at radius 3 is 2.74 bits per heavy atom. The molecule has 4 nitrogen and oxygen atoms in total. The summed E-state index contributed by atoms with van der Waals surface area (Å²) in [5.74, 6) is -0.0719. The molecule has 2 N–H and O–H groups in total. The van der Waals surface area contributed by atoms with Crippen molar-refractivity contribution in [2.45, 2.75) is 32.7 Å². The van der Waals surface area contributed by atoms with Gasteiger partial charge in [-0.05, 0) is 37.1 Å². The van der Waals surface area contributed by atoms with Crippen LogP contribution >= 0.6 is 0 Å². The molecule has 105 valence electrons. The highest BCUT2D eigenvalue weighted by Crippen LogP contribution is 2.05. The summed E-state index contributed by atoms with van der Waals surface area (Å²) in [6.45, 7) is 5.60. The fourth-order valence-corrected chi connectivity index (χ4v) is 1.77. The van der Waals surface area contributed by atoms with Crippen molar-refractivity contribution in [3.05, 3.63) is 35.4 Å². The van der Waals surface area contributed by atoms with Gasteiger partial charge < -0.3 is 10.6 Å². The van der Waals surface area contributed by atoms with Crippen LogP contribution in [0.15, 0.2) is 24.3 Å². The Hall–Kier alpha value is -1.39. The molecule has 0 fully saturated rings. The van der Waals surface area contributed by atoms with E-state index < -0.39 is 0 Å². The van der Waals surface area contributed by atoms with Gasteiger partial charge in [0.15, 0.2) is 0 Å². The third-order valence-corrected chi connectivity index (χ3v) is 2.77. The minimum atomic E-state index is -0.147. The van der Waals surface area contributed by atoms with Crippen LogP contribution in [0, 0.1) is 0 Å². The van der Waals surface area contributed by atoms with Crippen LogP contribution in [0.1, 0.15) is 36.2 Å². The summed E-state index contributed by atoms with van der Waals surface area (Å²) in [6, 6.07) is 7.73. The Labute approximate surface area is 115 Å². The van der Waals surface area contributed by atoms with Gasteiger partial charge in [-0.3, -0.25) is 4.79 Å². The smallest absolute Gasteiger partial charge is 0.251 e. The summed E-state index contributed by atoms with van der Waals surface area (Å²) >= 11 is 0. The van der Waals surface area contributed by atoms with Crippen molar-refractivity contribution < 1.29 is 9.90 Å². The SMILES string of the molecule is CC(C)NCCCNC(=O)c1cccc(CC[O])c1. The standard InChI is InChI=1S/C15H23N2O2/c1-12(2)16-8-4-9-17-15(19)14-6-3-5-13(11-14)7-10-18/h3,5-6,11-12,16H,4,7-10H2,1-2H3,(H,17,19). The summed E-state index contributed by atoms with van der Waals surface area (Å²) in [7, 11) is 0. The molecule has 0 aliphatic heterocycles. The number of carbonyl (C=O) groups is 1. The first kappa shape index (κ1) is 15.7. The van der Waals surface area contributed by atoms with E-state index in [1.54, 1.807) is 12.1 Å². The van der Waals surface area contributed by atoms with E-state index in [-0.39, 0.29) is 12.5 Å². The molecule has 0 aromatic heterocycles. The first-order chi connectivity index (χ1) is 9.13. The number of hydrogen-bond acceptors (Lipinski definition) is 2. The molecule has 0 saturated carbocycles. The van der Waals surface area contributed by atoms with Crippen molar-refractivity contribution >= 4 is 5.91 Å². The fraction of sp³-hybridized carbons (Fsp3) is 0.533. The second-order valence-electron chi connectivity index (χ2n) is 4.87. The molecular weight excluding hydrogens is 240 g/mol. The lowest BCUT2D eigenvalue weighted by molar-refractivity contribution is 0.0953. The van der Waals surface area contributed by atoms with Crippen molar-refractivity contribution in [2.24, 2.45) is 0 Å². The average molecular weight is 263 g/mol. The third-order valence-electron chi connectivity index (χ3n) is 2.77. The maximum Gasteiger partial charge on any atom is 0.251 e. The van der Waals surface area contributed by atoms with E-state index in [0.717, 1.165) is 18.5 Å². The van der Waals surface area contributed by atoms with Crippen LogP contribution in [-0.4, -0.2) is 31.6 Å². The number of amides is 1. The van der Waals surface area contributed by atoms with Gasteiger partial charge in [0.05, 0.1) is 6.61 Å². The maximum absolute atomic E-state index is 11.9. The quantitative estimate of drug-likeness (QED) is 0.702. The lowest BCUT2D eigenvalue weighted by Gasteiger charge is -2.09. The molecular formula is C15H23N2O2. The van der Waals surface area contributed by atoms with Crippen LogP contribution in [-0.2, 0) is 11.5 Å². The Bertz CT molecular complexity index is 391. The van der Waals surface area contributed by atoms with Crippen LogP contribution in [0.5, 0.6) is 0 Å². The molecule has 19 heavy (non-hydrogen) atoms. The second-order valence-corrected chi connectivity index (χ2v) is 4.87. The van der Waals surface area contributed by atoms with Crippen molar-refractivity contribution in [3.63, 3.8) is 0 Å². The van der Waals surface area contributed by atoms with Crippen molar-refractivity contribution in [1.29, 1.82) is 0 Å². The molecule has 1 aromatic carbocycles. The molecule has 0 aliphatic carbocycles. The summed E-state index contributed by atoms with van der Waals surface area (Å²) in [4.78, 5) is 11.9. The van der Waals surface area contributed by atoms with Gasteiger partial charge in [-0.2, -0.15) is 0 Å². The van der Waals surface area contributed by atoms with E-state index in [0.29, 0.717) is 24.6 Å². The molecule has 1 rings (SSSR count). The van der Waals surface area contributed by atoms with Gasteiger partial charge in [-0.25, -0.2) is 5.11 Å². The van der Waals surface area contributed by atoms with Gasteiger partial charge >= 0.3 is 0 Å². The Morgan fingerprint density at radius 2 is 2.05 bits per heavy atom. The predicted molar refractivity (Wildman–Crippen MR) is 75.8 cm³/mol. The molecule has 0 saturated heterocycles. The molecule has 0 spiro atoms. The molecule has 0 unspecified atom stereocenters. The van der Waals surface area contributed by atoms with E-state index in [1.165, 1.54) is 0 Å². The van der Waals surface area contributed by atoms with Gasteiger partial charge in [0, 0.05) is 18.2 Å². The highest BCUT2D eigenvalue weighted by atomic mass is 16.2. The lowest BCUT2D eigenvalue weighted by Crippen LogP contribution is -2.29. The molecule has 1 aromatic rings. The zero-order valence-corrected chi connectivity index (χ0v) is 11.7. The molecule has 0 atom stereocenters. The normalized spacial score (nSPS) is 10.7. The fourth-order valence-electron chi connectivity index (χ4n) is 1.77. The largest absolute Gasteiger partial charge is 0.352 e. The zero-order chi connectivity index (χ0) is 14.1. The lowest BCUT2D eigenvalue weighted by atomic mass is 10.1. The summed E-state index contributed by atoms with van der Waals surface area (Å²) in [5, 5.41) is 16.8. The molecule has 1 radical (unpaired) electrons. The van der Waals surface area contributed by atoms with Gasteiger partial charge in [0.25, 0.3) is 5.91 Å². The summed E-state index contributed by atoms with van der Waals surface area (Å²) < 4.78 is 0. The van der Waals surface area contributed by atoms with E-state index in [1.807, 2.05) is 12.1 Å². The van der Waals surface area contributed by atoms with Crippen molar-refractivity contribution in [1.82, 2.24) is 10.6 Å². The van der Waals surface area contributed by atoms with E-state index in [9.17, 15) is 9.90 Å². The van der Waals surface area contributed by atoms with Crippen LogP contribution in [0.3, 0.4) is 0 Å². The Morgan fingerprint density at radius 1 is 1.26 bits per heavy atom. The van der Waals surface area contributed by atoms with E-state index in [4.69, 9.17) is 0 Å². The number of carbonyl (C=O) groups excluding carboxylic acids is 1. The highest BCUT2D eigenvalue weighted by molar-refractivity contribution is 5.94. The first-order valence-corrected chi connectivity index (χ1v) is 6.82. The average Bonchev–Trinajstić information content (AvgIpc) is 2.38. The molecule has 0 heterocycles. The van der Waals surface area contributed by atoms with Crippen molar-refractivity contribution in [3.8, 4) is 0 Å². The number of benzene rings is 1. The summed E-state index contributed by atoms with van der Waals surface area (Å²) in [5.41, 5.74) is 1.55. The zero-order valence-electron chi connectivity index (χ0n) is 11.7. The first-order valence-electron chi connectivity index (χ1n) is 6.82. The van der Waals surface area contributed by atoms with Crippen LogP contribution < -0.4 is 10.6 Å². The van der Waals surface area contributed by atoms with Gasteiger partial charge in [0.2, 0.25) is 0 Å². The molecule has 0 aliphatic rings. The highest BCUT2D eigenvalue weighted by Gasteiger charge is 2.05.